The van der Waals surface area contributed by atoms with Crippen molar-refractivity contribution in [1.29, 1.82) is 0 Å². The molecule has 0 spiro atoms. The molecule has 3 nitrogen and oxygen atoms in total. The Morgan fingerprint density at radius 3 is 1.59 bits per heavy atom. The van der Waals surface area contributed by atoms with Gasteiger partial charge in [0.15, 0.2) is 17.5 Å². The Bertz CT molecular complexity index is 2920. The Balaban J connectivity index is 1.26. The standard InChI is InChI=1S/C45H29N3S/c1-4-12-30(13-5-1)32-22-24-34(25-23-32)44-46-43(33-16-8-3-9-17-33)47-45(48-44)37-26-27-39-40-21-11-20-38(42(40)49-41(39)29-37)36-19-10-18-35(28-36)31-14-6-2-7-15-31/h1-29H/i11D,20D,21D,26D,27D,29D. The van der Waals surface area contributed by atoms with Crippen LogP contribution in [-0.4, -0.2) is 15.0 Å². The van der Waals surface area contributed by atoms with Crippen LogP contribution in [0.25, 0.3) is 87.7 Å². The van der Waals surface area contributed by atoms with Gasteiger partial charge in [0.05, 0.1) is 8.22 Å². The minimum atomic E-state index is -0.276. The van der Waals surface area contributed by atoms with Crippen LogP contribution in [0.3, 0.4) is 0 Å². The van der Waals surface area contributed by atoms with Gasteiger partial charge in [0, 0.05) is 36.9 Å². The van der Waals surface area contributed by atoms with Crippen LogP contribution in [0.2, 0.25) is 0 Å². The number of hydrogen-bond acceptors (Lipinski definition) is 4. The van der Waals surface area contributed by atoms with Crippen LogP contribution in [0.5, 0.6) is 0 Å². The van der Waals surface area contributed by atoms with Crippen molar-refractivity contribution in [2.75, 3.05) is 0 Å². The highest BCUT2D eigenvalue weighted by Gasteiger charge is 2.16. The van der Waals surface area contributed by atoms with Gasteiger partial charge in [-0.25, -0.2) is 15.0 Å². The molecule has 0 N–H and O–H groups in total. The summed E-state index contributed by atoms with van der Waals surface area (Å²) in [5.41, 5.74) is 6.70. The van der Waals surface area contributed by atoms with E-state index in [2.05, 4.69) is 0 Å². The van der Waals surface area contributed by atoms with Gasteiger partial charge in [-0.05, 0) is 45.5 Å². The summed E-state index contributed by atoms with van der Waals surface area (Å²) < 4.78 is 55.9. The number of nitrogens with zero attached hydrogens (tertiary/aromatic N) is 3. The van der Waals surface area contributed by atoms with Crippen LogP contribution in [-0.2, 0) is 0 Å². The molecule has 0 aliphatic rings. The van der Waals surface area contributed by atoms with Crippen LogP contribution in [0, 0.1) is 0 Å². The maximum atomic E-state index is 9.57. The fraction of sp³-hybridized carbons (Fsp3) is 0. The Kier molecular flexibility index (Phi) is 5.87. The molecule has 0 bridgehead atoms. The summed E-state index contributed by atoms with van der Waals surface area (Å²) in [4.78, 5) is 14.5. The molecule has 9 aromatic rings. The van der Waals surface area contributed by atoms with Gasteiger partial charge in [-0.3, -0.25) is 0 Å². The SMILES string of the molecule is [2H]c1c([2H])c([2H])c2c(sc3c([2H])c(-c4nc(-c5ccccc5)nc(-c5ccc(-c6ccccc6)cc5)n4)c([2H])c([2H])c32)c1-c1cccc(-c2ccccc2)c1. The predicted molar refractivity (Wildman–Crippen MR) is 205 cm³/mol. The summed E-state index contributed by atoms with van der Waals surface area (Å²) in [6.45, 7) is 0. The third-order valence-electron chi connectivity index (χ3n) is 8.46. The van der Waals surface area contributed by atoms with Crippen molar-refractivity contribution < 1.29 is 8.22 Å². The first kappa shape index (κ1) is 23.2. The van der Waals surface area contributed by atoms with Crippen molar-refractivity contribution in [3.8, 4) is 67.5 Å². The molecule has 0 saturated heterocycles. The van der Waals surface area contributed by atoms with Gasteiger partial charge >= 0.3 is 0 Å². The largest absolute Gasteiger partial charge is 0.208 e. The first-order valence-electron chi connectivity index (χ1n) is 18.9. The number of fused-ring (bicyclic) bond motifs is 3. The highest BCUT2D eigenvalue weighted by atomic mass is 32.1. The zero-order chi connectivity index (χ0) is 37.8. The Morgan fingerprint density at radius 2 is 0.918 bits per heavy atom. The molecule has 7 aromatic carbocycles. The van der Waals surface area contributed by atoms with E-state index in [1.807, 2.05) is 140 Å². The predicted octanol–water partition coefficient (Wildman–Crippen LogP) is 12.2. The van der Waals surface area contributed by atoms with E-state index >= 15 is 0 Å². The van der Waals surface area contributed by atoms with E-state index in [-0.39, 0.29) is 53.0 Å². The molecule has 0 fully saturated rings. The lowest BCUT2D eigenvalue weighted by Gasteiger charge is -2.09. The summed E-state index contributed by atoms with van der Waals surface area (Å²) in [7, 11) is 0. The van der Waals surface area contributed by atoms with Gasteiger partial charge in [0.2, 0.25) is 0 Å². The highest BCUT2D eigenvalue weighted by Crippen LogP contribution is 2.42. The first-order chi connectivity index (χ1) is 26.8. The van der Waals surface area contributed by atoms with Gasteiger partial charge in [-0.2, -0.15) is 0 Å². The second-order valence-corrected chi connectivity index (χ2v) is 12.6. The molecule has 0 aliphatic carbocycles. The molecule has 0 aliphatic heterocycles. The molecule has 2 heterocycles. The van der Waals surface area contributed by atoms with E-state index in [0.717, 1.165) is 33.4 Å². The van der Waals surface area contributed by atoms with Crippen LogP contribution < -0.4 is 0 Å². The van der Waals surface area contributed by atoms with Gasteiger partial charge in [0.1, 0.15) is 0 Å². The van der Waals surface area contributed by atoms with Crippen molar-refractivity contribution >= 4 is 31.5 Å². The molecule has 2 aromatic heterocycles. The summed E-state index contributed by atoms with van der Waals surface area (Å²) in [5, 5.41) is 0.534. The fourth-order valence-electron chi connectivity index (χ4n) is 5.99. The van der Waals surface area contributed by atoms with Gasteiger partial charge < -0.3 is 0 Å². The van der Waals surface area contributed by atoms with Crippen molar-refractivity contribution in [2.24, 2.45) is 0 Å². The molecule has 0 atom stereocenters. The molecule has 4 heteroatoms. The minimum absolute atomic E-state index is 0.0609. The molecule has 0 amide bonds. The molecule has 49 heavy (non-hydrogen) atoms. The van der Waals surface area contributed by atoms with Crippen molar-refractivity contribution in [3.05, 3.63) is 176 Å². The number of benzene rings is 7. The van der Waals surface area contributed by atoms with E-state index < -0.39 is 0 Å². The van der Waals surface area contributed by atoms with Crippen molar-refractivity contribution in [3.63, 3.8) is 0 Å². The molecular weight excluding hydrogens is 615 g/mol. The zero-order valence-corrected chi connectivity index (χ0v) is 26.8. The van der Waals surface area contributed by atoms with Gasteiger partial charge in [-0.15, -0.1) is 11.3 Å². The smallest absolute Gasteiger partial charge is 0.164 e. The molecule has 0 saturated carbocycles. The van der Waals surface area contributed by atoms with Crippen LogP contribution >= 0.6 is 11.3 Å². The van der Waals surface area contributed by atoms with Gasteiger partial charge in [0.25, 0.3) is 0 Å². The maximum absolute atomic E-state index is 9.57. The third-order valence-corrected chi connectivity index (χ3v) is 9.58. The fourth-order valence-corrected chi connectivity index (χ4v) is 7.13. The Morgan fingerprint density at radius 1 is 0.408 bits per heavy atom. The number of hydrogen-bond donors (Lipinski definition) is 0. The molecule has 9 rings (SSSR count). The summed E-state index contributed by atoms with van der Waals surface area (Å²) in [6.07, 6.45) is 0. The molecule has 0 unspecified atom stereocenters. The van der Waals surface area contributed by atoms with E-state index in [4.69, 9.17) is 19.1 Å². The average Bonchev–Trinajstić information content (AvgIpc) is 3.64. The van der Waals surface area contributed by atoms with Crippen molar-refractivity contribution in [1.82, 2.24) is 15.0 Å². The monoisotopic (exact) mass is 649 g/mol. The normalized spacial score (nSPS) is 13.0. The van der Waals surface area contributed by atoms with E-state index in [1.54, 1.807) is 0 Å². The summed E-state index contributed by atoms with van der Waals surface area (Å²) in [5.74, 6) is 0.807. The van der Waals surface area contributed by atoms with Gasteiger partial charge in [-0.1, -0.05) is 164 Å². The van der Waals surface area contributed by atoms with Crippen molar-refractivity contribution in [2.45, 2.75) is 0 Å². The summed E-state index contributed by atoms with van der Waals surface area (Å²) in [6, 6.07) is 43.9. The lowest BCUT2D eigenvalue weighted by molar-refractivity contribution is 1.07. The van der Waals surface area contributed by atoms with Crippen LogP contribution in [0.15, 0.2) is 176 Å². The van der Waals surface area contributed by atoms with E-state index in [1.165, 1.54) is 11.3 Å². The third kappa shape index (κ3) is 5.58. The Hall–Kier alpha value is -6.23. The number of thiophene rings is 1. The van der Waals surface area contributed by atoms with E-state index in [0.29, 0.717) is 37.6 Å². The zero-order valence-electron chi connectivity index (χ0n) is 32.0. The van der Waals surface area contributed by atoms with Crippen LogP contribution in [0.4, 0.5) is 0 Å². The van der Waals surface area contributed by atoms with E-state index in [9.17, 15) is 4.11 Å². The first-order valence-corrected chi connectivity index (χ1v) is 16.7. The molecule has 0 radical (unpaired) electrons. The number of rotatable bonds is 6. The lowest BCUT2D eigenvalue weighted by Crippen LogP contribution is -2.00. The van der Waals surface area contributed by atoms with Crippen LogP contribution in [0.1, 0.15) is 8.22 Å². The summed E-state index contributed by atoms with van der Waals surface area (Å²) >= 11 is 1.20. The highest BCUT2D eigenvalue weighted by molar-refractivity contribution is 7.26. The second-order valence-electron chi connectivity index (χ2n) is 11.6. The minimum Gasteiger partial charge on any atom is -0.208 e. The average molecular weight is 650 g/mol. The molecule has 230 valence electrons. The second kappa shape index (κ2) is 12.4. The quantitative estimate of drug-likeness (QED) is 0.180. The Labute approximate surface area is 297 Å². The topological polar surface area (TPSA) is 38.7 Å². The lowest BCUT2D eigenvalue weighted by atomic mass is 9.98. The maximum Gasteiger partial charge on any atom is 0.164 e. The molecular formula is C45H29N3S. The number of aromatic nitrogens is 3.